The minimum absolute atomic E-state index is 0.00797. The quantitative estimate of drug-likeness (QED) is 0.724. The van der Waals surface area contributed by atoms with Crippen molar-refractivity contribution in [1.82, 2.24) is 9.80 Å². The summed E-state index contributed by atoms with van der Waals surface area (Å²) < 4.78 is 6.36. The van der Waals surface area contributed by atoms with Crippen LogP contribution in [-0.2, 0) is 4.74 Å². The molecule has 0 spiro atoms. The Morgan fingerprint density at radius 3 is 2.46 bits per heavy atom. The Kier molecular flexibility index (Phi) is 5.58. The van der Waals surface area contributed by atoms with E-state index < -0.39 is 5.60 Å². The topological polar surface area (TPSA) is 49.9 Å². The third kappa shape index (κ3) is 4.50. The molecule has 1 atom stereocenters. The van der Waals surface area contributed by atoms with E-state index in [1.165, 1.54) is 0 Å². The number of hydrogen-bond donors (Lipinski definition) is 0. The second-order valence-electron chi connectivity index (χ2n) is 7.24. The molecule has 0 unspecified atom stereocenters. The van der Waals surface area contributed by atoms with Crippen LogP contribution in [0.3, 0.4) is 0 Å². The largest absolute Gasteiger partial charge is 0.444 e. The van der Waals surface area contributed by atoms with Gasteiger partial charge in [0.15, 0.2) is 0 Å². The van der Waals surface area contributed by atoms with Crippen LogP contribution in [0.1, 0.15) is 43.6 Å². The van der Waals surface area contributed by atoms with Crippen LogP contribution in [0.25, 0.3) is 0 Å². The average molecular weight is 397 g/mol. The standard InChI is InChI=1S/C18H25BrN2O3/c1-12-6-7-14(10-15(12)19)16(22)20-8-9-21(13(2)11-20)17(23)24-18(3,4)5/h6-7,10,13H,8-9,11H2,1-5H3/t13-/m0/s1. The SMILES string of the molecule is Cc1ccc(C(=O)N2CCN(C(=O)OC(C)(C)C)[C@@H](C)C2)cc1Br. The first-order chi connectivity index (χ1) is 11.1. The summed E-state index contributed by atoms with van der Waals surface area (Å²) in [6.45, 7) is 11.0. The van der Waals surface area contributed by atoms with E-state index in [0.717, 1.165) is 10.0 Å². The van der Waals surface area contributed by atoms with Crippen LogP contribution in [-0.4, -0.2) is 53.1 Å². The maximum atomic E-state index is 12.7. The van der Waals surface area contributed by atoms with E-state index in [1.807, 2.05) is 52.8 Å². The van der Waals surface area contributed by atoms with Gasteiger partial charge in [0.25, 0.3) is 5.91 Å². The van der Waals surface area contributed by atoms with Gasteiger partial charge in [0.05, 0.1) is 0 Å². The number of ether oxygens (including phenoxy) is 1. The highest BCUT2D eigenvalue weighted by Gasteiger charge is 2.32. The molecule has 1 aromatic rings. The Labute approximate surface area is 152 Å². The number of carbonyl (C=O) groups is 2. The molecule has 5 nitrogen and oxygen atoms in total. The van der Waals surface area contributed by atoms with Gasteiger partial charge in [-0.3, -0.25) is 4.79 Å². The molecule has 1 aliphatic heterocycles. The maximum absolute atomic E-state index is 12.7. The van der Waals surface area contributed by atoms with Crippen molar-refractivity contribution < 1.29 is 14.3 Å². The Morgan fingerprint density at radius 1 is 1.25 bits per heavy atom. The molecule has 0 bridgehead atoms. The van der Waals surface area contributed by atoms with Crippen LogP contribution >= 0.6 is 15.9 Å². The van der Waals surface area contributed by atoms with Gasteiger partial charge in [-0.05, 0) is 52.3 Å². The fourth-order valence-corrected chi connectivity index (χ4v) is 3.02. The van der Waals surface area contributed by atoms with Gasteiger partial charge in [-0.25, -0.2) is 4.79 Å². The molecule has 132 valence electrons. The lowest BCUT2D eigenvalue weighted by Gasteiger charge is -2.40. The number of halogens is 1. The second-order valence-corrected chi connectivity index (χ2v) is 8.09. The number of carbonyl (C=O) groups excluding carboxylic acids is 2. The highest BCUT2D eigenvalue weighted by molar-refractivity contribution is 9.10. The molecular weight excluding hydrogens is 372 g/mol. The lowest BCUT2D eigenvalue weighted by Crippen LogP contribution is -2.56. The first-order valence-electron chi connectivity index (χ1n) is 8.13. The predicted molar refractivity (Wildman–Crippen MR) is 97.2 cm³/mol. The Hall–Kier alpha value is -1.56. The van der Waals surface area contributed by atoms with Crippen molar-refractivity contribution in [3.05, 3.63) is 33.8 Å². The normalized spacial score (nSPS) is 18.5. The van der Waals surface area contributed by atoms with Crippen LogP contribution in [0.15, 0.2) is 22.7 Å². The predicted octanol–water partition coefficient (Wildman–Crippen LogP) is 3.84. The van der Waals surface area contributed by atoms with Crippen LogP contribution < -0.4 is 0 Å². The molecule has 0 aliphatic carbocycles. The summed E-state index contributed by atoms with van der Waals surface area (Å²) in [6, 6.07) is 5.54. The van der Waals surface area contributed by atoms with Gasteiger partial charge in [-0.2, -0.15) is 0 Å². The van der Waals surface area contributed by atoms with Gasteiger partial charge in [-0.1, -0.05) is 22.0 Å². The number of aryl methyl sites for hydroxylation is 1. The lowest BCUT2D eigenvalue weighted by atomic mass is 10.1. The lowest BCUT2D eigenvalue weighted by molar-refractivity contribution is 0.00198. The van der Waals surface area contributed by atoms with E-state index in [0.29, 0.717) is 25.2 Å². The molecule has 2 rings (SSSR count). The Morgan fingerprint density at radius 2 is 1.92 bits per heavy atom. The molecule has 0 saturated carbocycles. The third-order valence-corrected chi connectivity index (χ3v) is 4.82. The van der Waals surface area contributed by atoms with E-state index in [-0.39, 0.29) is 18.0 Å². The number of hydrogen-bond acceptors (Lipinski definition) is 3. The van der Waals surface area contributed by atoms with Crippen molar-refractivity contribution >= 4 is 27.9 Å². The summed E-state index contributed by atoms with van der Waals surface area (Å²) in [7, 11) is 0. The number of benzene rings is 1. The molecule has 0 radical (unpaired) electrons. The molecule has 0 N–H and O–H groups in total. The third-order valence-electron chi connectivity index (χ3n) is 3.96. The zero-order valence-corrected chi connectivity index (χ0v) is 16.5. The van der Waals surface area contributed by atoms with E-state index >= 15 is 0 Å². The van der Waals surface area contributed by atoms with Gasteiger partial charge in [0.2, 0.25) is 0 Å². The van der Waals surface area contributed by atoms with Crippen LogP contribution in [0, 0.1) is 6.92 Å². The summed E-state index contributed by atoms with van der Waals surface area (Å²) in [4.78, 5) is 28.4. The first-order valence-corrected chi connectivity index (χ1v) is 8.93. The van der Waals surface area contributed by atoms with Crippen LogP contribution in [0.2, 0.25) is 0 Å². The number of amides is 2. The smallest absolute Gasteiger partial charge is 0.410 e. The summed E-state index contributed by atoms with van der Waals surface area (Å²) in [5.41, 5.74) is 1.23. The van der Waals surface area contributed by atoms with Crippen molar-refractivity contribution in [3.63, 3.8) is 0 Å². The van der Waals surface area contributed by atoms with E-state index in [9.17, 15) is 9.59 Å². The number of piperazine rings is 1. The van der Waals surface area contributed by atoms with E-state index in [4.69, 9.17) is 4.74 Å². The number of nitrogens with zero attached hydrogens (tertiary/aromatic N) is 2. The van der Waals surface area contributed by atoms with Crippen molar-refractivity contribution in [2.24, 2.45) is 0 Å². The summed E-state index contributed by atoms with van der Waals surface area (Å²) in [5.74, 6) is -0.00797. The van der Waals surface area contributed by atoms with Crippen molar-refractivity contribution in [1.29, 1.82) is 0 Å². The average Bonchev–Trinajstić information content (AvgIpc) is 2.47. The monoisotopic (exact) mass is 396 g/mol. The van der Waals surface area contributed by atoms with Crippen molar-refractivity contribution in [2.45, 2.75) is 46.3 Å². The molecule has 6 heteroatoms. The molecule has 1 aromatic carbocycles. The maximum Gasteiger partial charge on any atom is 0.410 e. The van der Waals surface area contributed by atoms with E-state index in [1.54, 1.807) is 9.80 Å². The van der Waals surface area contributed by atoms with Gasteiger partial charge in [0.1, 0.15) is 5.60 Å². The molecule has 1 heterocycles. The molecular formula is C18H25BrN2O3. The van der Waals surface area contributed by atoms with Gasteiger partial charge in [-0.15, -0.1) is 0 Å². The zero-order chi connectivity index (χ0) is 18.1. The summed E-state index contributed by atoms with van der Waals surface area (Å²) >= 11 is 3.47. The molecule has 1 saturated heterocycles. The molecule has 24 heavy (non-hydrogen) atoms. The summed E-state index contributed by atoms with van der Waals surface area (Å²) in [6.07, 6.45) is -0.319. The molecule has 0 aromatic heterocycles. The minimum atomic E-state index is -0.516. The number of rotatable bonds is 1. The van der Waals surface area contributed by atoms with E-state index in [2.05, 4.69) is 15.9 Å². The Bertz CT molecular complexity index is 640. The van der Waals surface area contributed by atoms with Gasteiger partial charge in [0, 0.05) is 35.7 Å². The van der Waals surface area contributed by atoms with Gasteiger partial charge < -0.3 is 14.5 Å². The van der Waals surface area contributed by atoms with Crippen LogP contribution in [0.4, 0.5) is 4.79 Å². The fraction of sp³-hybridized carbons (Fsp3) is 0.556. The minimum Gasteiger partial charge on any atom is -0.444 e. The highest BCUT2D eigenvalue weighted by Crippen LogP contribution is 2.21. The first kappa shape index (κ1) is 18.8. The van der Waals surface area contributed by atoms with Gasteiger partial charge >= 0.3 is 6.09 Å². The molecule has 1 aliphatic rings. The molecule has 1 fully saturated rings. The second kappa shape index (κ2) is 7.13. The van der Waals surface area contributed by atoms with Crippen LogP contribution in [0.5, 0.6) is 0 Å². The Balaban J connectivity index is 2.03. The zero-order valence-electron chi connectivity index (χ0n) is 14.9. The highest BCUT2D eigenvalue weighted by atomic mass is 79.9. The van der Waals surface area contributed by atoms with Crippen molar-refractivity contribution in [3.8, 4) is 0 Å². The molecule has 2 amide bonds. The fourth-order valence-electron chi connectivity index (χ4n) is 2.64. The summed E-state index contributed by atoms with van der Waals surface area (Å²) in [5, 5.41) is 0. The van der Waals surface area contributed by atoms with Crippen molar-refractivity contribution in [2.75, 3.05) is 19.6 Å².